The average Bonchev–Trinajstić information content (AvgIpc) is 2.90. The van der Waals surface area contributed by atoms with E-state index in [9.17, 15) is 14.4 Å². The third-order valence-corrected chi connectivity index (χ3v) is 4.47. The normalized spacial score (nSPS) is 10.9. The zero-order chi connectivity index (χ0) is 18.8. The summed E-state index contributed by atoms with van der Waals surface area (Å²) in [6, 6.07) is 8.66. The van der Waals surface area contributed by atoms with Crippen LogP contribution in [0.15, 0.2) is 41.5 Å². The van der Waals surface area contributed by atoms with Crippen LogP contribution in [0, 0.1) is 13.8 Å². The molecular weight excluding hydrogens is 334 g/mol. The number of para-hydroxylation sites is 1. The number of carbonyl (C=O) groups is 2. The summed E-state index contributed by atoms with van der Waals surface area (Å²) in [6.45, 7) is 3.08. The fourth-order valence-electron chi connectivity index (χ4n) is 2.76. The molecule has 2 aromatic heterocycles. The molecule has 0 radical (unpaired) electrons. The lowest BCUT2D eigenvalue weighted by Gasteiger charge is -2.07. The van der Waals surface area contributed by atoms with Gasteiger partial charge in [0.05, 0.1) is 17.2 Å². The second kappa shape index (κ2) is 6.95. The molecule has 3 aromatic rings. The molecule has 0 fully saturated rings. The molecule has 134 valence electrons. The number of rotatable bonds is 5. The van der Waals surface area contributed by atoms with Gasteiger partial charge in [-0.05, 0) is 32.0 Å². The smallest absolute Gasteiger partial charge is 0.326 e. The minimum Gasteiger partial charge on any atom is -0.456 e. The Kier molecular flexibility index (Phi) is 4.71. The molecule has 0 aliphatic carbocycles. The summed E-state index contributed by atoms with van der Waals surface area (Å²) in [5.41, 5.74) is 2.53. The van der Waals surface area contributed by atoms with Gasteiger partial charge >= 0.3 is 5.97 Å². The van der Waals surface area contributed by atoms with Crippen LogP contribution in [0.2, 0.25) is 0 Å². The molecule has 0 N–H and O–H groups in total. The first-order valence-electron chi connectivity index (χ1n) is 8.14. The van der Waals surface area contributed by atoms with Gasteiger partial charge in [-0.15, -0.1) is 0 Å². The number of Topliss-reactive ketones (excluding diaryl/α,β-unsaturated/α-hetero) is 1. The fraction of sp³-hybridized carbons (Fsp3) is 0.263. The molecule has 0 spiro atoms. The summed E-state index contributed by atoms with van der Waals surface area (Å²) in [5, 5.41) is 0.425. The van der Waals surface area contributed by atoms with E-state index in [1.165, 1.54) is 10.9 Å². The van der Waals surface area contributed by atoms with Crippen LogP contribution in [0.1, 0.15) is 21.7 Å². The van der Waals surface area contributed by atoms with Crippen molar-refractivity contribution in [3.8, 4) is 0 Å². The van der Waals surface area contributed by atoms with Crippen LogP contribution < -0.4 is 5.56 Å². The number of ether oxygens (including phenoxy) is 1. The highest BCUT2D eigenvalue weighted by molar-refractivity contribution is 5.99. The molecule has 0 saturated carbocycles. The van der Waals surface area contributed by atoms with Crippen molar-refractivity contribution in [3.63, 3.8) is 0 Å². The van der Waals surface area contributed by atoms with Crippen LogP contribution in [-0.4, -0.2) is 32.5 Å². The van der Waals surface area contributed by atoms with Crippen molar-refractivity contribution in [1.29, 1.82) is 0 Å². The molecule has 0 atom stereocenters. The number of benzene rings is 1. The number of hydrogen-bond acceptors (Lipinski definition) is 5. The van der Waals surface area contributed by atoms with Crippen LogP contribution >= 0.6 is 0 Å². The third-order valence-electron chi connectivity index (χ3n) is 4.47. The summed E-state index contributed by atoms with van der Waals surface area (Å²) >= 11 is 0. The van der Waals surface area contributed by atoms with E-state index in [0.29, 0.717) is 16.5 Å². The van der Waals surface area contributed by atoms with E-state index < -0.39 is 5.97 Å². The lowest BCUT2D eigenvalue weighted by molar-refractivity contribution is -0.143. The lowest BCUT2D eigenvalue weighted by Crippen LogP contribution is -2.26. The molecule has 0 saturated heterocycles. The van der Waals surface area contributed by atoms with Crippen molar-refractivity contribution in [2.45, 2.75) is 20.4 Å². The molecule has 7 heteroatoms. The Morgan fingerprint density at radius 1 is 1.19 bits per heavy atom. The van der Waals surface area contributed by atoms with Gasteiger partial charge < -0.3 is 9.30 Å². The number of ketones is 1. The molecule has 0 aliphatic rings. The second-order valence-corrected chi connectivity index (χ2v) is 6.12. The fourth-order valence-corrected chi connectivity index (χ4v) is 2.76. The van der Waals surface area contributed by atoms with Crippen LogP contribution in [0.4, 0.5) is 0 Å². The van der Waals surface area contributed by atoms with E-state index in [4.69, 9.17) is 4.74 Å². The van der Waals surface area contributed by atoms with Crippen LogP contribution in [0.25, 0.3) is 10.9 Å². The molecule has 0 bridgehead atoms. The molecule has 0 aliphatic heterocycles. The van der Waals surface area contributed by atoms with Gasteiger partial charge in [0.25, 0.3) is 5.56 Å². The van der Waals surface area contributed by atoms with E-state index in [0.717, 1.165) is 11.4 Å². The van der Waals surface area contributed by atoms with E-state index in [1.807, 2.05) is 25.5 Å². The Labute approximate surface area is 149 Å². The molecule has 2 heterocycles. The molecule has 1 aromatic carbocycles. The standard InChI is InChI=1S/C19H19N3O4/c1-12-8-15(13(2)21(12)3)17(23)10-26-18(24)9-22-11-20-16-7-5-4-6-14(16)19(22)25/h4-8,11H,9-10H2,1-3H3. The zero-order valence-electron chi connectivity index (χ0n) is 14.9. The van der Waals surface area contributed by atoms with Gasteiger partial charge in [-0.3, -0.25) is 19.0 Å². The number of aryl methyl sites for hydroxylation is 1. The van der Waals surface area contributed by atoms with E-state index in [2.05, 4.69) is 4.98 Å². The quantitative estimate of drug-likeness (QED) is 0.516. The van der Waals surface area contributed by atoms with Gasteiger partial charge in [0, 0.05) is 24.0 Å². The van der Waals surface area contributed by atoms with Crippen molar-refractivity contribution >= 4 is 22.7 Å². The van der Waals surface area contributed by atoms with E-state index in [1.54, 1.807) is 30.3 Å². The maximum atomic E-state index is 12.4. The van der Waals surface area contributed by atoms with Gasteiger partial charge in [-0.25, -0.2) is 4.98 Å². The zero-order valence-corrected chi connectivity index (χ0v) is 14.9. The Balaban J connectivity index is 1.68. The van der Waals surface area contributed by atoms with Crippen molar-refractivity contribution < 1.29 is 14.3 Å². The Bertz CT molecular complexity index is 1060. The number of fused-ring (bicyclic) bond motifs is 1. The largest absolute Gasteiger partial charge is 0.456 e. The second-order valence-electron chi connectivity index (χ2n) is 6.12. The summed E-state index contributed by atoms with van der Waals surface area (Å²) in [5.74, 6) is -0.939. The lowest BCUT2D eigenvalue weighted by atomic mass is 10.1. The minimum atomic E-state index is -0.664. The first-order valence-corrected chi connectivity index (χ1v) is 8.14. The predicted molar refractivity (Wildman–Crippen MR) is 96.2 cm³/mol. The van der Waals surface area contributed by atoms with Crippen LogP contribution in [-0.2, 0) is 23.1 Å². The molecule has 7 nitrogen and oxygen atoms in total. The Morgan fingerprint density at radius 2 is 1.92 bits per heavy atom. The molecular formula is C19H19N3O4. The maximum absolute atomic E-state index is 12.4. The topological polar surface area (TPSA) is 83.2 Å². The van der Waals surface area contributed by atoms with Gasteiger partial charge in [0.15, 0.2) is 6.61 Å². The molecule has 26 heavy (non-hydrogen) atoms. The highest BCUT2D eigenvalue weighted by Crippen LogP contribution is 2.14. The number of hydrogen-bond donors (Lipinski definition) is 0. The molecule has 0 unspecified atom stereocenters. The van der Waals surface area contributed by atoms with Gasteiger partial charge in [0.1, 0.15) is 6.54 Å². The molecule has 0 amide bonds. The number of esters is 1. The monoisotopic (exact) mass is 353 g/mol. The number of carbonyl (C=O) groups excluding carboxylic acids is 2. The van der Waals surface area contributed by atoms with Crippen LogP contribution in [0.5, 0.6) is 0 Å². The average molecular weight is 353 g/mol. The van der Waals surface area contributed by atoms with E-state index >= 15 is 0 Å². The number of aromatic nitrogens is 3. The van der Waals surface area contributed by atoms with Gasteiger partial charge in [0.2, 0.25) is 5.78 Å². The summed E-state index contributed by atoms with van der Waals surface area (Å²) in [7, 11) is 1.87. The maximum Gasteiger partial charge on any atom is 0.326 e. The molecule has 3 rings (SSSR count). The first kappa shape index (κ1) is 17.6. The highest BCUT2D eigenvalue weighted by Gasteiger charge is 2.16. The SMILES string of the molecule is Cc1cc(C(=O)COC(=O)Cn2cnc3ccccc3c2=O)c(C)n1C. The first-order chi connectivity index (χ1) is 12.4. The van der Waals surface area contributed by atoms with E-state index in [-0.39, 0.29) is 24.5 Å². The van der Waals surface area contributed by atoms with Crippen LogP contribution in [0.3, 0.4) is 0 Å². The van der Waals surface area contributed by atoms with Crippen molar-refractivity contribution in [1.82, 2.24) is 14.1 Å². The minimum absolute atomic E-state index is 0.275. The van der Waals surface area contributed by atoms with Crippen molar-refractivity contribution in [2.24, 2.45) is 7.05 Å². The van der Waals surface area contributed by atoms with Gasteiger partial charge in [-0.2, -0.15) is 0 Å². The number of nitrogens with zero attached hydrogens (tertiary/aromatic N) is 3. The van der Waals surface area contributed by atoms with Crippen molar-refractivity contribution in [2.75, 3.05) is 6.61 Å². The van der Waals surface area contributed by atoms with Gasteiger partial charge in [-0.1, -0.05) is 12.1 Å². The Hall–Kier alpha value is -3.22. The Morgan fingerprint density at radius 3 is 2.62 bits per heavy atom. The van der Waals surface area contributed by atoms with Crippen molar-refractivity contribution in [3.05, 3.63) is 64.0 Å². The summed E-state index contributed by atoms with van der Waals surface area (Å²) in [4.78, 5) is 40.8. The third kappa shape index (κ3) is 3.28. The summed E-state index contributed by atoms with van der Waals surface area (Å²) in [6.07, 6.45) is 1.30. The highest BCUT2D eigenvalue weighted by atomic mass is 16.5. The predicted octanol–water partition coefficient (Wildman–Crippen LogP) is 1.78. The summed E-state index contributed by atoms with van der Waals surface area (Å²) < 4.78 is 8.12.